The largest absolute Gasteiger partial charge is 0.493 e. The number of aromatic nitrogens is 1. The van der Waals surface area contributed by atoms with Gasteiger partial charge in [0.15, 0.2) is 11.5 Å². The van der Waals surface area contributed by atoms with Crippen LogP contribution in [0.4, 0.5) is 0 Å². The lowest BCUT2D eigenvalue weighted by Crippen LogP contribution is -2.08. The number of halogens is 1. The standard InChI is InChI=1S/C14H14ClNO4/c1-19-12-4-3-9(5-13(12)20-2)7-16-8-10(15)6-11(16)14(17)18/h3-6,8H,7H2,1-2H3,(H,17,18). The number of ether oxygens (including phenoxy) is 2. The SMILES string of the molecule is COc1ccc(Cn2cc(Cl)cc2C(=O)O)cc1OC. The maximum Gasteiger partial charge on any atom is 0.352 e. The summed E-state index contributed by atoms with van der Waals surface area (Å²) < 4.78 is 12.0. The highest BCUT2D eigenvalue weighted by atomic mass is 35.5. The fraction of sp³-hybridized carbons (Fsp3) is 0.214. The fourth-order valence-corrected chi connectivity index (χ4v) is 2.18. The predicted octanol–water partition coefficient (Wildman–Crippen LogP) is 2.91. The number of hydrogen-bond donors (Lipinski definition) is 1. The van der Waals surface area contributed by atoms with Gasteiger partial charge in [0, 0.05) is 12.7 Å². The number of carbonyl (C=O) groups is 1. The molecule has 0 fully saturated rings. The third-order valence-corrected chi connectivity index (χ3v) is 3.09. The van der Waals surface area contributed by atoms with Gasteiger partial charge in [-0.2, -0.15) is 0 Å². The molecule has 0 amide bonds. The quantitative estimate of drug-likeness (QED) is 0.921. The molecule has 20 heavy (non-hydrogen) atoms. The van der Waals surface area contributed by atoms with Crippen LogP contribution < -0.4 is 9.47 Å². The summed E-state index contributed by atoms with van der Waals surface area (Å²) in [6, 6.07) is 6.85. The third kappa shape index (κ3) is 2.88. The lowest BCUT2D eigenvalue weighted by Gasteiger charge is -2.11. The zero-order valence-corrected chi connectivity index (χ0v) is 11.8. The number of nitrogens with zero attached hydrogens (tertiary/aromatic N) is 1. The van der Waals surface area contributed by atoms with Crippen molar-refractivity contribution in [2.75, 3.05) is 14.2 Å². The van der Waals surface area contributed by atoms with E-state index in [-0.39, 0.29) is 5.69 Å². The molecule has 2 rings (SSSR count). The van der Waals surface area contributed by atoms with Gasteiger partial charge in [0.05, 0.1) is 19.2 Å². The van der Waals surface area contributed by atoms with Crippen molar-refractivity contribution >= 4 is 17.6 Å². The van der Waals surface area contributed by atoms with Crippen molar-refractivity contribution < 1.29 is 19.4 Å². The summed E-state index contributed by atoms with van der Waals surface area (Å²) in [7, 11) is 3.11. The summed E-state index contributed by atoms with van der Waals surface area (Å²) in [6.45, 7) is 0.384. The van der Waals surface area contributed by atoms with Crippen molar-refractivity contribution in [3.63, 3.8) is 0 Å². The number of benzene rings is 1. The van der Waals surface area contributed by atoms with Crippen LogP contribution >= 0.6 is 11.6 Å². The number of methoxy groups -OCH3 is 2. The van der Waals surface area contributed by atoms with E-state index in [0.717, 1.165) is 5.56 Å². The van der Waals surface area contributed by atoms with Crippen molar-refractivity contribution in [3.05, 3.63) is 46.7 Å². The monoisotopic (exact) mass is 295 g/mol. The molecule has 0 aliphatic carbocycles. The minimum atomic E-state index is -1.02. The van der Waals surface area contributed by atoms with Crippen molar-refractivity contribution in [1.82, 2.24) is 4.57 Å². The molecule has 5 nitrogen and oxygen atoms in total. The first-order valence-electron chi connectivity index (χ1n) is 5.85. The first-order chi connectivity index (χ1) is 9.55. The molecule has 6 heteroatoms. The van der Waals surface area contributed by atoms with Gasteiger partial charge in [0.25, 0.3) is 0 Å². The molecule has 0 saturated heterocycles. The summed E-state index contributed by atoms with van der Waals surface area (Å²) in [5.41, 5.74) is 1.03. The highest BCUT2D eigenvalue weighted by Crippen LogP contribution is 2.28. The summed E-state index contributed by atoms with van der Waals surface area (Å²) in [5.74, 6) is 0.206. The zero-order valence-electron chi connectivity index (χ0n) is 11.1. The molecular formula is C14H14ClNO4. The van der Waals surface area contributed by atoms with Gasteiger partial charge in [-0.1, -0.05) is 17.7 Å². The van der Waals surface area contributed by atoms with Crippen LogP contribution in [0.3, 0.4) is 0 Å². The van der Waals surface area contributed by atoms with Gasteiger partial charge in [0.2, 0.25) is 0 Å². The highest BCUT2D eigenvalue weighted by molar-refractivity contribution is 6.30. The van der Waals surface area contributed by atoms with E-state index in [1.807, 2.05) is 6.07 Å². The van der Waals surface area contributed by atoms with Gasteiger partial charge in [-0.3, -0.25) is 0 Å². The molecule has 1 N–H and O–H groups in total. The topological polar surface area (TPSA) is 60.7 Å². The van der Waals surface area contributed by atoms with E-state index in [4.69, 9.17) is 26.2 Å². The zero-order chi connectivity index (χ0) is 14.7. The molecule has 106 valence electrons. The van der Waals surface area contributed by atoms with Crippen LogP contribution in [-0.2, 0) is 6.54 Å². The Kier molecular flexibility index (Phi) is 4.20. The molecule has 0 aliphatic rings. The second-order valence-electron chi connectivity index (χ2n) is 4.17. The van der Waals surface area contributed by atoms with Crippen LogP contribution in [0.15, 0.2) is 30.5 Å². The maximum absolute atomic E-state index is 11.1. The van der Waals surface area contributed by atoms with Crippen LogP contribution in [0.5, 0.6) is 11.5 Å². The van der Waals surface area contributed by atoms with Crippen LogP contribution in [0, 0.1) is 0 Å². The average Bonchev–Trinajstić information content (AvgIpc) is 2.79. The maximum atomic E-state index is 11.1. The second kappa shape index (κ2) is 5.88. The Hall–Kier alpha value is -2.14. The summed E-state index contributed by atoms with van der Waals surface area (Å²) in [5, 5.41) is 9.51. The first kappa shape index (κ1) is 14.3. The van der Waals surface area contributed by atoms with Gasteiger partial charge < -0.3 is 19.1 Å². The van der Waals surface area contributed by atoms with E-state index in [2.05, 4.69) is 0 Å². The Labute approximate surface area is 121 Å². The van der Waals surface area contributed by atoms with Crippen molar-refractivity contribution in [3.8, 4) is 11.5 Å². The molecule has 1 aromatic heterocycles. The number of rotatable bonds is 5. The molecule has 0 unspecified atom stereocenters. The fourth-order valence-electron chi connectivity index (χ4n) is 1.96. The number of hydrogen-bond acceptors (Lipinski definition) is 3. The van der Waals surface area contributed by atoms with Gasteiger partial charge in [-0.05, 0) is 23.8 Å². The number of carboxylic acid groups (broad SMARTS) is 1. The normalized spacial score (nSPS) is 10.3. The molecule has 0 aliphatic heterocycles. The van der Waals surface area contributed by atoms with Gasteiger partial charge >= 0.3 is 5.97 Å². The molecule has 0 radical (unpaired) electrons. The lowest BCUT2D eigenvalue weighted by atomic mass is 10.2. The smallest absolute Gasteiger partial charge is 0.352 e. The van der Waals surface area contributed by atoms with Crippen molar-refractivity contribution in [1.29, 1.82) is 0 Å². The van der Waals surface area contributed by atoms with Crippen LogP contribution in [0.25, 0.3) is 0 Å². The summed E-state index contributed by atoms with van der Waals surface area (Å²) >= 11 is 5.85. The summed E-state index contributed by atoms with van der Waals surface area (Å²) in [4.78, 5) is 11.1. The van der Waals surface area contributed by atoms with E-state index < -0.39 is 5.97 Å². The molecule has 0 bridgehead atoms. The van der Waals surface area contributed by atoms with E-state index in [1.165, 1.54) is 6.07 Å². The average molecular weight is 296 g/mol. The minimum absolute atomic E-state index is 0.143. The number of carboxylic acids is 1. The molecular weight excluding hydrogens is 282 g/mol. The third-order valence-electron chi connectivity index (χ3n) is 2.88. The summed E-state index contributed by atoms with van der Waals surface area (Å²) in [6.07, 6.45) is 1.59. The van der Waals surface area contributed by atoms with Gasteiger partial charge in [0.1, 0.15) is 5.69 Å². The van der Waals surface area contributed by atoms with Crippen LogP contribution in [0.2, 0.25) is 5.02 Å². The Morgan fingerprint density at radius 2 is 1.95 bits per heavy atom. The lowest BCUT2D eigenvalue weighted by molar-refractivity contribution is 0.0685. The molecule has 1 aromatic carbocycles. The highest BCUT2D eigenvalue weighted by Gasteiger charge is 2.13. The predicted molar refractivity (Wildman–Crippen MR) is 75.0 cm³/mol. The van der Waals surface area contributed by atoms with E-state index in [0.29, 0.717) is 23.1 Å². The Morgan fingerprint density at radius 1 is 1.25 bits per heavy atom. The molecule has 0 spiro atoms. The van der Waals surface area contributed by atoms with E-state index >= 15 is 0 Å². The Balaban J connectivity index is 2.33. The van der Waals surface area contributed by atoms with Crippen molar-refractivity contribution in [2.24, 2.45) is 0 Å². The second-order valence-corrected chi connectivity index (χ2v) is 4.60. The van der Waals surface area contributed by atoms with Gasteiger partial charge in [-0.25, -0.2) is 4.79 Å². The van der Waals surface area contributed by atoms with Crippen LogP contribution in [0.1, 0.15) is 16.1 Å². The minimum Gasteiger partial charge on any atom is -0.493 e. The van der Waals surface area contributed by atoms with E-state index in [9.17, 15) is 4.79 Å². The number of aromatic carboxylic acids is 1. The molecule has 0 saturated carbocycles. The Bertz CT molecular complexity index is 636. The van der Waals surface area contributed by atoms with Crippen molar-refractivity contribution in [2.45, 2.75) is 6.54 Å². The Morgan fingerprint density at radius 3 is 2.55 bits per heavy atom. The van der Waals surface area contributed by atoms with E-state index in [1.54, 1.807) is 37.1 Å². The molecule has 0 atom stereocenters. The molecule has 2 aromatic rings. The first-order valence-corrected chi connectivity index (χ1v) is 6.23. The van der Waals surface area contributed by atoms with Crippen LogP contribution in [-0.4, -0.2) is 29.9 Å². The van der Waals surface area contributed by atoms with Gasteiger partial charge in [-0.15, -0.1) is 0 Å². The molecule has 1 heterocycles.